The number of nitrogens with zero attached hydrogens (tertiary/aromatic N) is 1. The number of hydrogen-bond donors (Lipinski definition) is 1. The SMILES string of the molecule is O=[N+]([O-])c1ccccc1CCOc1ccc(O)cc1. The predicted molar refractivity (Wildman–Crippen MR) is 70.4 cm³/mol. The highest BCUT2D eigenvalue weighted by atomic mass is 16.6. The number of nitro benzene ring substituents is 1. The zero-order chi connectivity index (χ0) is 13.7. The summed E-state index contributed by atoms with van der Waals surface area (Å²) in [5.41, 5.74) is 0.753. The molecule has 0 bridgehead atoms. The molecule has 0 fully saturated rings. The van der Waals surface area contributed by atoms with Gasteiger partial charge >= 0.3 is 0 Å². The Morgan fingerprint density at radius 1 is 1.11 bits per heavy atom. The molecule has 0 radical (unpaired) electrons. The molecule has 0 saturated carbocycles. The molecule has 0 spiro atoms. The van der Waals surface area contributed by atoms with Crippen LogP contribution in [0.4, 0.5) is 5.69 Å². The van der Waals surface area contributed by atoms with Crippen molar-refractivity contribution < 1.29 is 14.8 Å². The van der Waals surface area contributed by atoms with Crippen LogP contribution in [0.3, 0.4) is 0 Å². The van der Waals surface area contributed by atoms with Crippen LogP contribution in [0.2, 0.25) is 0 Å². The summed E-state index contributed by atoms with van der Waals surface area (Å²) in [6, 6.07) is 13.0. The minimum absolute atomic E-state index is 0.108. The molecule has 0 aliphatic carbocycles. The Kier molecular flexibility index (Phi) is 3.97. The Balaban J connectivity index is 1.96. The van der Waals surface area contributed by atoms with Gasteiger partial charge in [-0.1, -0.05) is 18.2 Å². The molecule has 2 aromatic carbocycles. The third-order valence-electron chi connectivity index (χ3n) is 2.67. The van der Waals surface area contributed by atoms with Gasteiger partial charge in [0.15, 0.2) is 0 Å². The lowest BCUT2D eigenvalue weighted by Crippen LogP contribution is -2.03. The topological polar surface area (TPSA) is 72.6 Å². The van der Waals surface area contributed by atoms with E-state index in [9.17, 15) is 10.1 Å². The van der Waals surface area contributed by atoms with Gasteiger partial charge in [-0.3, -0.25) is 10.1 Å². The second kappa shape index (κ2) is 5.86. The van der Waals surface area contributed by atoms with Crippen LogP contribution in [0.5, 0.6) is 11.5 Å². The second-order valence-electron chi connectivity index (χ2n) is 3.98. The lowest BCUT2D eigenvalue weighted by molar-refractivity contribution is -0.385. The predicted octanol–water partition coefficient (Wildman–Crippen LogP) is 2.92. The minimum atomic E-state index is -0.393. The maximum Gasteiger partial charge on any atom is 0.272 e. The minimum Gasteiger partial charge on any atom is -0.508 e. The van der Waals surface area contributed by atoms with Gasteiger partial charge in [0.05, 0.1) is 11.5 Å². The molecule has 19 heavy (non-hydrogen) atoms. The fourth-order valence-corrected chi connectivity index (χ4v) is 1.72. The molecule has 5 nitrogen and oxygen atoms in total. The number of ether oxygens (including phenoxy) is 1. The van der Waals surface area contributed by atoms with Gasteiger partial charge in [0.25, 0.3) is 5.69 Å². The lowest BCUT2D eigenvalue weighted by atomic mass is 10.1. The van der Waals surface area contributed by atoms with Gasteiger partial charge in [0.1, 0.15) is 11.5 Å². The van der Waals surface area contributed by atoms with E-state index in [1.165, 1.54) is 18.2 Å². The summed E-state index contributed by atoms with van der Waals surface area (Å²) in [7, 11) is 0. The van der Waals surface area contributed by atoms with Gasteiger partial charge in [-0.05, 0) is 24.3 Å². The first-order valence-electron chi connectivity index (χ1n) is 5.81. The molecule has 5 heteroatoms. The van der Waals surface area contributed by atoms with Gasteiger partial charge in [0, 0.05) is 18.1 Å². The summed E-state index contributed by atoms with van der Waals surface area (Å²) in [5, 5.41) is 20.0. The second-order valence-corrected chi connectivity index (χ2v) is 3.98. The Morgan fingerprint density at radius 2 is 1.79 bits per heavy atom. The summed E-state index contributed by atoms with van der Waals surface area (Å²) in [5.74, 6) is 0.794. The number of nitro groups is 1. The molecule has 2 aromatic rings. The van der Waals surface area contributed by atoms with Crippen molar-refractivity contribution in [3.8, 4) is 11.5 Å². The van der Waals surface area contributed by atoms with E-state index < -0.39 is 4.92 Å². The number of aromatic hydroxyl groups is 1. The molecule has 2 rings (SSSR count). The average molecular weight is 259 g/mol. The molecule has 0 amide bonds. The molecule has 0 unspecified atom stereocenters. The standard InChI is InChI=1S/C14H13NO4/c16-12-5-7-13(8-6-12)19-10-9-11-3-1-2-4-14(11)15(17)18/h1-8,16H,9-10H2. The maximum absolute atomic E-state index is 10.8. The van der Waals surface area contributed by atoms with Gasteiger partial charge in [0.2, 0.25) is 0 Å². The van der Waals surface area contributed by atoms with Crippen molar-refractivity contribution in [2.24, 2.45) is 0 Å². The maximum atomic E-state index is 10.8. The third kappa shape index (κ3) is 3.45. The van der Waals surface area contributed by atoms with Gasteiger partial charge < -0.3 is 9.84 Å². The van der Waals surface area contributed by atoms with E-state index in [1.807, 2.05) is 0 Å². The van der Waals surface area contributed by atoms with Crippen LogP contribution in [0.1, 0.15) is 5.56 Å². The molecule has 0 aliphatic heterocycles. The number of phenols is 1. The van der Waals surface area contributed by atoms with Crippen LogP contribution in [-0.4, -0.2) is 16.6 Å². The quantitative estimate of drug-likeness (QED) is 0.661. The molecule has 0 saturated heterocycles. The number of rotatable bonds is 5. The Hall–Kier alpha value is -2.56. The number of para-hydroxylation sites is 1. The summed E-state index contributed by atoms with van der Waals surface area (Å²) in [6.07, 6.45) is 0.456. The highest BCUT2D eigenvalue weighted by molar-refractivity contribution is 5.40. The van der Waals surface area contributed by atoms with Crippen LogP contribution in [0.25, 0.3) is 0 Å². The first-order valence-corrected chi connectivity index (χ1v) is 5.81. The normalized spacial score (nSPS) is 10.1. The number of hydrogen-bond acceptors (Lipinski definition) is 4. The molecule has 1 N–H and O–H groups in total. The number of phenolic OH excluding ortho intramolecular Hbond substituents is 1. The molecule has 0 aliphatic rings. The molecular formula is C14H13NO4. The zero-order valence-corrected chi connectivity index (χ0v) is 10.2. The van der Waals surface area contributed by atoms with Crippen molar-refractivity contribution in [3.05, 3.63) is 64.2 Å². The van der Waals surface area contributed by atoms with Crippen LogP contribution < -0.4 is 4.74 Å². The Morgan fingerprint density at radius 3 is 2.47 bits per heavy atom. The van der Waals surface area contributed by atoms with Gasteiger partial charge in [-0.15, -0.1) is 0 Å². The average Bonchev–Trinajstić information content (AvgIpc) is 2.41. The fraction of sp³-hybridized carbons (Fsp3) is 0.143. The molecule has 0 heterocycles. The van der Waals surface area contributed by atoms with Crippen molar-refractivity contribution >= 4 is 5.69 Å². The molecule has 0 atom stereocenters. The number of benzene rings is 2. The summed E-state index contributed by atoms with van der Waals surface area (Å²) in [4.78, 5) is 10.4. The summed E-state index contributed by atoms with van der Waals surface area (Å²) >= 11 is 0. The van der Waals surface area contributed by atoms with Gasteiger partial charge in [-0.25, -0.2) is 0 Å². The Bertz CT molecular complexity index is 566. The molecule has 0 aromatic heterocycles. The first kappa shape index (κ1) is 12.9. The van der Waals surface area contributed by atoms with Crippen molar-refractivity contribution in [2.45, 2.75) is 6.42 Å². The van der Waals surface area contributed by atoms with E-state index >= 15 is 0 Å². The highest BCUT2D eigenvalue weighted by Crippen LogP contribution is 2.19. The van der Waals surface area contributed by atoms with Crippen molar-refractivity contribution in [1.29, 1.82) is 0 Å². The van der Waals surface area contributed by atoms with E-state index in [0.717, 1.165) is 0 Å². The van der Waals surface area contributed by atoms with Gasteiger partial charge in [-0.2, -0.15) is 0 Å². The monoisotopic (exact) mass is 259 g/mol. The lowest BCUT2D eigenvalue weighted by Gasteiger charge is -2.06. The molecule has 98 valence electrons. The summed E-state index contributed by atoms with van der Waals surface area (Å²) in [6.45, 7) is 0.343. The Labute approximate surface area is 110 Å². The third-order valence-corrected chi connectivity index (χ3v) is 2.67. The van der Waals surface area contributed by atoms with E-state index in [2.05, 4.69) is 0 Å². The first-order chi connectivity index (χ1) is 9.16. The van der Waals surface area contributed by atoms with E-state index in [1.54, 1.807) is 30.3 Å². The van der Waals surface area contributed by atoms with Crippen molar-refractivity contribution in [1.82, 2.24) is 0 Å². The van der Waals surface area contributed by atoms with Crippen LogP contribution in [-0.2, 0) is 6.42 Å². The zero-order valence-electron chi connectivity index (χ0n) is 10.2. The van der Waals surface area contributed by atoms with E-state index in [-0.39, 0.29) is 11.4 Å². The largest absolute Gasteiger partial charge is 0.508 e. The van der Waals surface area contributed by atoms with E-state index in [4.69, 9.17) is 9.84 Å². The highest BCUT2D eigenvalue weighted by Gasteiger charge is 2.11. The van der Waals surface area contributed by atoms with Crippen molar-refractivity contribution in [3.63, 3.8) is 0 Å². The van der Waals surface area contributed by atoms with Crippen LogP contribution in [0, 0.1) is 10.1 Å². The van der Waals surface area contributed by atoms with E-state index in [0.29, 0.717) is 24.3 Å². The van der Waals surface area contributed by atoms with Crippen molar-refractivity contribution in [2.75, 3.05) is 6.61 Å². The van der Waals surface area contributed by atoms with Crippen LogP contribution >= 0.6 is 0 Å². The van der Waals surface area contributed by atoms with Crippen LogP contribution in [0.15, 0.2) is 48.5 Å². The molecular weight excluding hydrogens is 246 g/mol. The fourth-order valence-electron chi connectivity index (χ4n) is 1.72. The summed E-state index contributed by atoms with van der Waals surface area (Å²) < 4.78 is 5.47. The smallest absolute Gasteiger partial charge is 0.272 e.